The summed E-state index contributed by atoms with van der Waals surface area (Å²) in [6.07, 6.45) is 0. The summed E-state index contributed by atoms with van der Waals surface area (Å²) in [5.41, 5.74) is 16.4. The lowest BCUT2D eigenvalue weighted by Gasteiger charge is -2.32. The summed E-state index contributed by atoms with van der Waals surface area (Å²) in [5.74, 6) is 1.89. The average Bonchev–Trinajstić information content (AvgIpc) is 3.73. The highest BCUT2D eigenvalue weighted by atomic mass is 127. The molecule has 0 bridgehead atoms. The molecule has 16 nitrogen and oxygen atoms in total. The number of hydrogen-bond donors (Lipinski definition) is 2. The van der Waals surface area contributed by atoms with E-state index in [1.165, 1.54) is 12.1 Å². The fourth-order valence-corrected chi connectivity index (χ4v) is 6.90. The summed E-state index contributed by atoms with van der Waals surface area (Å²) in [5, 5.41) is 33.6. The zero-order chi connectivity index (χ0) is 39.0. The lowest BCUT2D eigenvalue weighted by Crippen LogP contribution is -2.41. The molecular weight excluding hydrogens is 868 g/mol. The number of nitro groups is 2. The molecule has 6 rings (SSSR count). The third-order valence-electron chi connectivity index (χ3n) is 8.83. The number of nitrogens with zero attached hydrogens (tertiary/aromatic N) is 5. The van der Waals surface area contributed by atoms with Gasteiger partial charge in [0.05, 0.1) is 38.1 Å². The maximum atomic E-state index is 11.5. The van der Waals surface area contributed by atoms with Crippen LogP contribution in [0.4, 0.5) is 22.7 Å². The van der Waals surface area contributed by atoms with E-state index >= 15 is 0 Å². The fraction of sp³-hybridized carbons (Fsp3) is 0.382. The van der Waals surface area contributed by atoms with Gasteiger partial charge in [-0.1, -0.05) is 38.8 Å². The number of halogens is 2. The number of rotatable bonds is 5. The van der Waals surface area contributed by atoms with Gasteiger partial charge in [0, 0.05) is 42.3 Å². The zero-order valence-electron chi connectivity index (χ0n) is 30.2. The van der Waals surface area contributed by atoms with Gasteiger partial charge in [-0.3, -0.25) is 20.2 Å². The van der Waals surface area contributed by atoms with Crippen LogP contribution in [0.2, 0.25) is 0 Å². The van der Waals surface area contributed by atoms with Crippen LogP contribution in [-0.2, 0) is 9.31 Å². The smallest absolute Gasteiger partial charge is 0.399 e. The van der Waals surface area contributed by atoms with E-state index < -0.39 is 9.85 Å². The Morgan fingerprint density at radius 2 is 1.17 bits per heavy atom. The predicted octanol–water partition coefficient (Wildman–Crippen LogP) is 8.49. The van der Waals surface area contributed by atoms with Crippen molar-refractivity contribution in [2.75, 3.05) is 11.5 Å². The van der Waals surface area contributed by atoms with Crippen LogP contribution in [0.5, 0.6) is 0 Å². The van der Waals surface area contributed by atoms with Crippen LogP contribution in [-0.4, -0.2) is 43.6 Å². The molecule has 0 unspecified atom stereocenters. The summed E-state index contributed by atoms with van der Waals surface area (Å²) < 4.78 is 28.7. The van der Waals surface area contributed by atoms with E-state index in [0.717, 1.165) is 16.9 Å². The van der Waals surface area contributed by atoms with Gasteiger partial charge in [-0.25, -0.2) is 0 Å². The lowest BCUT2D eigenvalue weighted by atomic mass is 9.77. The van der Waals surface area contributed by atoms with Crippen LogP contribution in [0, 0.1) is 65.3 Å². The Labute approximate surface area is 329 Å². The first-order chi connectivity index (χ1) is 24.1. The number of anilines is 2. The van der Waals surface area contributed by atoms with Crippen molar-refractivity contribution >= 4 is 73.9 Å². The number of aryl methyl sites for hydroxylation is 6. The lowest BCUT2D eigenvalue weighted by molar-refractivity contribution is -0.384. The van der Waals surface area contributed by atoms with Crippen molar-refractivity contribution < 1.29 is 32.7 Å². The highest BCUT2D eigenvalue weighted by molar-refractivity contribution is 14.1. The molecule has 1 fully saturated rings. The van der Waals surface area contributed by atoms with Crippen molar-refractivity contribution in [2.24, 2.45) is 0 Å². The molecule has 5 aromatic rings. The first-order valence-electron chi connectivity index (χ1n) is 15.7. The van der Waals surface area contributed by atoms with Gasteiger partial charge in [0.25, 0.3) is 11.4 Å². The minimum atomic E-state index is -0.501. The average molecular weight is 910 g/mol. The van der Waals surface area contributed by atoms with E-state index in [-0.39, 0.29) is 48.5 Å². The SMILES string of the molecule is C.Cc1noc(C)c1-c1cc(-c2c(C)noc2C)c(N)c([N+](=O)[O-])c1.Cc1noc(C)c1B1OC(C)(C)C(C)(C)O1.Nc1c(I)cc(Br)cc1[N+](=O)[O-]. The number of benzene rings is 2. The Morgan fingerprint density at radius 1 is 0.717 bits per heavy atom. The zero-order valence-corrected chi connectivity index (χ0v) is 34.0. The molecule has 1 aliphatic rings. The van der Waals surface area contributed by atoms with E-state index in [0.29, 0.717) is 53.2 Å². The Balaban J connectivity index is 0.000000227. The maximum Gasteiger partial charge on any atom is 0.500 e. The van der Waals surface area contributed by atoms with Crippen LogP contribution in [0.1, 0.15) is 69.5 Å². The van der Waals surface area contributed by atoms with E-state index in [4.69, 9.17) is 34.3 Å². The fourth-order valence-electron chi connectivity index (χ4n) is 5.41. The van der Waals surface area contributed by atoms with Crippen LogP contribution < -0.4 is 16.9 Å². The van der Waals surface area contributed by atoms with E-state index in [1.54, 1.807) is 39.8 Å². The van der Waals surface area contributed by atoms with Gasteiger partial charge in [-0.05, 0) is 110 Å². The summed E-state index contributed by atoms with van der Waals surface area (Å²) in [6.45, 7) is 18.9. The van der Waals surface area contributed by atoms with Crippen molar-refractivity contribution in [2.45, 2.75) is 87.9 Å². The number of nitrogen functional groups attached to an aromatic ring is 2. The number of nitro benzene ring substituents is 2. The van der Waals surface area contributed by atoms with Gasteiger partial charge >= 0.3 is 7.12 Å². The number of nitrogens with two attached hydrogens (primary N) is 2. The first-order valence-corrected chi connectivity index (χ1v) is 17.6. The van der Waals surface area contributed by atoms with Crippen LogP contribution in [0.3, 0.4) is 0 Å². The van der Waals surface area contributed by atoms with Crippen molar-refractivity contribution in [3.05, 3.63) is 86.9 Å². The predicted molar refractivity (Wildman–Crippen MR) is 214 cm³/mol. The Hall–Kier alpha value is -4.34. The largest absolute Gasteiger partial charge is 0.500 e. The third kappa shape index (κ3) is 8.90. The topological polar surface area (TPSA) is 235 Å². The number of aromatic nitrogens is 3. The van der Waals surface area contributed by atoms with Gasteiger partial charge in [-0.15, -0.1) is 0 Å². The normalized spacial score (nSPS) is 14.1. The van der Waals surface area contributed by atoms with E-state index in [1.807, 2.05) is 64.1 Å². The molecule has 53 heavy (non-hydrogen) atoms. The third-order valence-corrected chi connectivity index (χ3v) is 10.2. The van der Waals surface area contributed by atoms with Gasteiger partial charge < -0.3 is 34.3 Å². The minimum absolute atomic E-state index is 0. The summed E-state index contributed by atoms with van der Waals surface area (Å²) in [7, 11) is -0.378. The van der Waals surface area contributed by atoms with Crippen LogP contribution in [0.25, 0.3) is 22.3 Å². The summed E-state index contributed by atoms with van der Waals surface area (Å²) in [4.78, 5) is 20.9. The first kappa shape index (κ1) is 43.1. The van der Waals surface area contributed by atoms with Crippen LogP contribution >= 0.6 is 38.5 Å². The van der Waals surface area contributed by atoms with Crippen molar-refractivity contribution in [1.29, 1.82) is 0 Å². The Kier molecular flexibility index (Phi) is 13.3. The molecule has 0 aliphatic carbocycles. The van der Waals surface area contributed by atoms with Crippen LogP contribution in [0.15, 0.2) is 42.3 Å². The Morgan fingerprint density at radius 3 is 1.60 bits per heavy atom. The number of hydrogen-bond acceptors (Lipinski definition) is 14. The monoisotopic (exact) mass is 909 g/mol. The van der Waals surface area contributed by atoms with Gasteiger partial charge in [0.2, 0.25) is 0 Å². The summed E-state index contributed by atoms with van der Waals surface area (Å²) >= 11 is 5.10. The minimum Gasteiger partial charge on any atom is -0.399 e. The molecule has 0 radical (unpaired) electrons. The second-order valence-corrected chi connectivity index (χ2v) is 15.1. The van der Waals surface area contributed by atoms with Gasteiger partial charge in [-0.2, -0.15) is 0 Å². The maximum absolute atomic E-state index is 11.5. The van der Waals surface area contributed by atoms with Gasteiger partial charge in [0.1, 0.15) is 28.7 Å². The Bertz CT molecular complexity index is 2090. The molecule has 1 saturated heterocycles. The highest BCUT2D eigenvalue weighted by Crippen LogP contribution is 2.42. The van der Waals surface area contributed by atoms with Crippen molar-refractivity contribution in [3.63, 3.8) is 0 Å². The summed E-state index contributed by atoms with van der Waals surface area (Å²) in [6, 6.07) is 6.32. The van der Waals surface area contributed by atoms with E-state index in [2.05, 4.69) is 31.4 Å². The molecule has 0 spiro atoms. The molecule has 1 aliphatic heterocycles. The molecule has 4 N–H and O–H groups in total. The van der Waals surface area contributed by atoms with Crippen molar-refractivity contribution in [1.82, 2.24) is 15.5 Å². The molecule has 3 aromatic heterocycles. The molecule has 0 amide bonds. The molecule has 0 atom stereocenters. The second kappa shape index (κ2) is 16.4. The molecule has 0 saturated carbocycles. The highest BCUT2D eigenvalue weighted by Gasteiger charge is 2.53. The standard InChI is InChI=1S/C16H16N4O4.C11H18BNO3.C6H4BrIN2O2.CH4/c1-7-14(9(3)23-18-7)11-5-12(15-8(2)19-24-10(15)4)16(17)13(6-11)20(21)22;1-7-9(8(2)14-13-7)12-15-10(3,4)11(5,6)16-12;7-3-1-4(8)6(9)5(2-3)10(11)12;/h5-6H,17H2,1-4H3;1-6H3;1-2H,9H2;1H4. The molecule has 4 heterocycles. The van der Waals surface area contributed by atoms with E-state index in [9.17, 15) is 20.2 Å². The molecule has 2 aromatic carbocycles. The van der Waals surface area contributed by atoms with Gasteiger partial charge in [0.15, 0.2) is 0 Å². The molecular formula is C34H42BBrIN7O9. The molecule has 284 valence electrons. The quantitative estimate of drug-likeness (QED) is 0.0553. The van der Waals surface area contributed by atoms with Crippen molar-refractivity contribution in [3.8, 4) is 22.3 Å². The second-order valence-electron chi connectivity index (χ2n) is 13.0. The molecule has 19 heteroatoms.